The molecule has 3 N–H and O–H groups in total. The van der Waals surface area contributed by atoms with Crippen LogP contribution in [-0.4, -0.2) is 96.7 Å². The fourth-order valence-electron chi connectivity index (χ4n) is 9.53. The van der Waals surface area contributed by atoms with Gasteiger partial charge >= 0.3 is 39.5 Å². The first-order chi connectivity index (χ1) is 39.9. The topological polar surface area (TPSA) is 237 Å². The van der Waals surface area contributed by atoms with E-state index in [2.05, 4.69) is 41.5 Å². The Labute approximate surface area is 505 Å². The summed E-state index contributed by atoms with van der Waals surface area (Å²) in [5.41, 5.74) is 0. The van der Waals surface area contributed by atoms with Crippen LogP contribution >= 0.6 is 15.6 Å². The summed E-state index contributed by atoms with van der Waals surface area (Å²) in [6.45, 7) is 9.44. The summed E-state index contributed by atoms with van der Waals surface area (Å²) >= 11 is 0. The Hall–Kier alpha value is -1.94. The summed E-state index contributed by atoms with van der Waals surface area (Å²) < 4.78 is 67.9. The third-order valence-electron chi connectivity index (χ3n) is 14.7. The Morgan fingerprint density at radius 1 is 0.325 bits per heavy atom. The molecule has 0 spiro atoms. The predicted molar refractivity (Wildman–Crippen MR) is 331 cm³/mol. The van der Waals surface area contributed by atoms with Gasteiger partial charge in [-0.25, -0.2) is 9.13 Å². The van der Waals surface area contributed by atoms with Crippen molar-refractivity contribution < 1.29 is 80.2 Å². The number of esters is 4. The molecule has 0 amide bonds. The molecule has 0 aliphatic heterocycles. The number of rotatable bonds is 63. The van der Waals surface area contributed by atoms with Gasteiger partial charge in [0.25, 0.3) is 0 Å². The normalized spacial score (nSPS) is 14.3. The lowest BCUT2D eigenvalue weighted by Crippen LogP contribution is -2.30. The molecular formula is C64H124O17P2. The molecule has 0 aliphatic rings. The number of phosphoric ester groups is 2. The summed E-state index contributed by atoms with van der Waals surface area (Å²) in [5.74, 6) is -0.614. The van der Waals surface area contributed by atoms with Gasteiger partial charge < -0.3 is 33.8 Å². The van der Waals surface area contributed by atoms with Crippen LogP contribution in [0.4, 0.5) is 0 Å². The van der Waals surface area contributed by atoms with Crippen LogP contribution in [0.15, 0.2) is 0 Å². The molecular weight excluding hydrogens is 1100 g/mol. The van der Waals surface area contributed by atoms with Crippen molar-refractivity contribution in [2.45, 2.75) is 336 Å². The van der Waals surface area contributed by atoms with Gasteiger partial charge in [0.2, 0.25) is 0 Å². The lowest BCUT2D eigenvalue weighted by molar-refractivity contribution is -0.161. The van der Waals surface area contributed by atoms with E-state index in [0.717, 1.165) is 115 Å². The van der Waals surface area contributed by atoms with Crippen molar-refractivity contribution in [3.8, 4) is 0 Å². The number of phosphoric acid groups is 2. The fourth-order valence-corrected chi connectivity index (χ4v) is 11.1. The Morgan fingerprint density at radius 3 is 0.819 bits per heavy atom. The number of carbonyl (C=O) groups excluding carboxylic acids is 4. The van der Waals surface area contributed by atoms with Gasteiger partial charge in [-0.15, -0.1) is 0 Å². The molecule has 0 fully saturated rings. The van der Waals surface area contributed by atoms with E-state index in [4.69, 9.17) is 37.0 Å². The van der Waals surface area contributed by atoms with Gasteiger partial charge in [-0.2, -0.15) is 0 Å². The second-order valence-electron chi connectivity index (χ2n) is 24.1. The second-order valence-corrected chi connectivity index (χ2v) is 27.0. The Kier molecular flexibility index (Phi) is 55.2. The van der Waals surface area contributed by atoms with E-state index in [0.29, 0.717) is 25.7 Å². The lowest BCUT2D eigenvalue weighted by Gasteiger charge is -2.21. The standard InChI is InChI=1S/C64H124O17P2/c1-7-9-11-13-15-28-34-40-46-61(66)74-52-59(80-63(68)48-42-36-29-16-14-12-10-8-2)54-78-82(70,71)76-50-58(65)51-77-83(72,73)79-55-60(53-75-62(67)47-41-35-30-24-21-20-23-27-33-39-45-57(5)6)81-64(69)49-43-37-31-25-19-17-18-22-26-32-38-44-56(3)4/h56-60,65H,7-55H2,1-6H3,(H,70,71)(H,72,73)/t58-,59+,60+/m0/s1. The van der Waals surface area contributed by atoms with Crippen molar-refractivity contribution in [2.24, 2.45) is 11.8 Å². The first-order valence-electron chi connectivity index (χ1n) is 33.5. The molecule has 492 valence electrons. The van der Waals surface area contributed by atoms with Crippen molar-refractivity contribution in [2.75, 3.05) is 39.6 Å². The third kappa shape index (κ3) is 58.8. The summed E-state index contributed by atoms with van der Waals surface area (Å²) in [7, 11) is -9.88. The van der Waals surface area contributed by atoms with Crippen LogP contribution in [0.1, 0.15) is 318 Å². The molecule has 5 atom stereocenters. The molecule has 17 nitrogen and oxygen atoms in total. The van der Waals surface area contributed by atoms with Crippen molar-refractivity contribution in [1.82, 2.24) is 0 Å². The van der Waals surface area contributed by atoms with Crippen LogP contribution in [0.2, 0.25) is 0 Å². The quantitative estimate of drug-likeness (QED) is 0.0222. The monoisotopic (exact) mass is 1230 g/mol. The molecule has 2 unspecified atom stereocenters. The van der Waals surface area contributed by atoms with E-state index < -0.39 is 97.5 Å². The average Bonchev–Trinajstić information content (AvgIpc) is 3.44. The maximum Gasteiger partial charge on any atom is 0.472 e. The fraction of sp³-hybridized carbons (Fsp3) is 0.938. The number of ether oxygens (including phenoxy) is 4. The van der Waals surface area contributed by atoms with E-state index in [1.807, 2.05) is 0 Å². The predicted octanol–water partition coefficient (Wildman–Crippen LogP) is 17.7. The van der Waals surface area contributed by atoms with E-state index >= 15 is 0 Å². The molecule has 0 aromatic heterocycles. The minimum atomic E-state index is -4.94. The van der Waals surface area contributed by atoms with E-state index in [9.17, 15) is 43.2 Å². The summed E-state index contributed by atoms with van der Waals surface area (Å²) in [6, 6.07) is 0. The Balaban J connectivity index is 5.21. The Bertz CT molecular complexity index is 1630. The van der Waals surface area contributed by atoms with Crippen LogP contribution in [0.5, 0.6) is 0 Å². The van der Waals surface area contributed by atoms with Gasteiger partial charge in [0.05, 0.1) is 26.4 Å². The van der Waals surface area contributed by atoms with Crippen molar-refractivity contribution in [1.29, 1.82) is 0 Å². The highest BCUT2D eigenvalue weighted by atomic mass is 31.2. The van der Waals surface area contributed by atoms with Crippen LogP contribution in [0.25, 0.3) is 0 Å². The Morgan fingerprint density at radius 2 is 0.554 bits per heavy atom. The highest BCUT2D eigenvalue weighted by Crippen LogP contribution is 2.45. The van der Waals surface area contributed by atoms with Gasteiger partial charge in [0.1, 0.15) is 19.3 Å². The molecule has 0 aromatic carbocycles. The number of hydrogen-bond acceptors (Lipinski definition) is 15. The number of aliphatic hydroxyl groups excluding tert-OH is 1. The summed E-state index contributed by atoms with van der Waals surface area (Å²) in [4.78, 5) is 72.1. The van der Waals surface area contributed by atoms with Crippen molar-refractivity contribution in [3.63, 3.8) is 0 Å². The van der Waals surface area contributed by atoms with Crippen LogP contribution in [-0.2, 0) is 65.4 Å². The summed E-state index contributed by atoms with van der Waals surface area (Å²) in [5, 5.41) is 10.5. The van der Waals surface area contributed by atoms with Crippen molar-refractivity contribution >= 4 is 39.5 Å². The highest BCUT2D eigenvalue weighted by molar-refractivity contribution is 7.47. The van der Waals surface area contributed by atoms with Crippen LogP contribution < -0.4 is 0 Å². The second kappa shape index (κ2) is 56.6. The average molecular weight is 1230 g/mol. The first-order valence-corrected chi connectivity index (χ1v) is 36.5. The molecule has 0 aromatic rings. The van der Waals surface area contributed by atoms with Gasteiger partial charge in [0, 0.05) is 25.7 Å². The van der Waals surface area contributed by atoms with E-state index in [-0.39, 0.29) is 25.7 Å². The zero-order valence-corrected chi connectivity index (χ0v) is 55.3. The van der Waals surface area contributed by atoms with Gasteiger partial charge in [0.15, 0.2) is 12.2 Å². The number of carbonyl (C=O) groups is 4. The van der Waals surface area contributed by atoms with Gasteiger partial charge in [-0.1, -0.05) is 266 Å². The highest BCUT2D eigenvalue weighted by Gasteiger charge is 2.30. The third-order valence-corrected chi connectivity index (χ3v) is 16.6. The summed E-state index contributed by atoms with van der Waals surface area (Å²) in [6.07, 6.45) is 39.0. The molecule has 83 heavy (non-hydrogen) atoms. The molecule has 0 bridgehead atoms. The molecule has 0 saturated heterocycles. The smallest absolute Gasteiger partial charge is 0.462 e. The first kappa shape index (κ1) is 81.1. The van der Waals surface area contributed by atoms with Crippen molar-refractivity contribution in [3.05, 3.63) is 0 Å². The van der Waals surface area contributed by atoms with E-state index in [1.165, 1.54) is 122 Å². The molecule has 0 heterocycles. The van der Waals surface area contributed by atoms with Crippen LogP contribution in [0.3, 0.4) is 0 Å². The molecule has 0 radical (unpaired) electrons. The van der Waals surface area contributed by atoms with Gasteiger partial charge in [-0.05, 0) is 37.5 Å². The number of unbranched alkanes of at least 4 members (excludes halogenated alkanes) is 33. The number of aliphatic hydroxyl groups is 1. The maximum absolute atomic E-state index is 13.0. The van der Waals surface area contributed by atoms with E-state index in [1.54, 1.807) is 0 Å². The van der Waals surface area contributed by atoms with Crippen LogP contribution in [0, 0.1) is 11.8 Å². The number of hydrogen-bond donors (Lipinski definition) is 3. The lowest BCUT2D eigenvalue weighted by atomic mass is 10.0. The minimum Gasteiger partial charge on any atom is -0.462 e. The molecule has 0 saturated carbocycles. The SMILES string of the molecule is CCCCCCCCCCC(=O)OC[C@H](COP(=O)(O)OC[C@H](O)COP(=O)(O)OC[C@@H](COC(=O)CCCCCCCCCCCCC(C)C)OC(=O)CCCCCCCCCCCCCC(C)C)OC(=O)CCCCCCCCCC. The largest absolute Gasteiger partial charge is 0.472 e. The molecule has 0 aliphatic carbocycles. The molecule has 0 rings (SSSR count). The minimum absolute atomic E-state index is 0.104. The van der Waals surface area contributed by atoms with Gasteiger partial charge in [-0.3, -0.25) is 37.3 Å². The zero-order chi connectivity index (χ0) is 61.5. The maximum atomic E-state index is 13.0. The molecule has 19 heteroatoms. The zero-order valence-electron chi connectivity index (χ0n) is 53.5.